The van der Waals surface area contributed by atoms with Gasteiger partial charge < -0.3 is 15.0 Å². The third-order valence-corrected chi connectivity index (χ3v) is 3.00. The Labute approximate surface area is 115 Å². The second-order valence-electron chi connectivity index (χ2n) is 4.85. The molecule has 1 aromatic heterocycles. The molecule has 1 rings (SSSR count). The van der Waals surface area contributed by atoms with E-state index in [2.05, 4.69) is 11.9 Å². The Morgan fingerprint density at radius 3 is 2.95 bits per heavy atom. The Balaban J connectivity index is 2.32. The van der Waals surface area contributed by atoms with Crippen LogP contribution in [0, 0.1) is 0 Å². The minimum absolute atomic E-state index is 0.0518. The summed E-state index contributed by atoms with van der Waals surface area (Å²) in [7, 11) is 0. The average molecular weight is 267 g/mol. The van der Waals surface area contributed by atoms with Crippen LogP contribution in [0.5, 0.6) is 0 Å². The summed E-state index contributed by atoms with van der Waals surface area (Å²) in [6, 6.07) is 0. The van der Waals surface area contributed by atoms with Crippen LogP contribution >= 0.6 is 0 Å². The van der Waals surface area contributed by atoms with Crippen LogP contribution in [0.4, 0.5) is 0 Å². The van der Waals surface area contributed by atoms with Crippen LogP contribution in [0.3, 0.4) is 0 Å². The highest BCUT2D eigenvalue weighted by Crippen LogP contribution is 2.10. The fourth-order valence-corrected chi connectivity index (χ4v) is 1.90. The Morgan fingerprint density at radius 1 is 1.47 bits per heavy atom. The fourth-order valence-electron chi connectivity index (χ4n) is 1.90. The molecule has 0 saturated carbocycles. The highest BCUT2D eigenvalue weighted by molar-refractivity contribution is 5.87. The Hall–Kier alpha value is -1.36. The highest BCUT2D eigenvalue weighted by Gasteiger charge is 2.14. The molecule has 0 amide bonds. The molecule has 1 unspecified atom stereocenters. The maximum absolute atomic E-state index is 11.8. The topological polar surface area (TPSA) is 70.1 Å². The Bertz CT molecular complexity index is 377. The summed E-state index contributed by atoms with van der Waals surface area (Å²) in [5, 5.41) is 0. The SMILES string of the molecule is CCCCCCC(C)OC(=O)c1cn(CCN)cn1. The molecule has 1 atom stereocenters. The first-order valence-corrected chi connectivity index (χ1v) is 7.10. The van der Waals surface area contributed by atoms with Crippen molar-refractivity contribution in [2.45, 2.75) is 58.6 Å². The van der Waals surface area contributed by atoms with Gasteiger partial charge in [-0.3, -0.25) is 0 Å². The van der Waals surface area contributed by atoms with E-state index in [4.69, 9.17) is 10.5 Å². The molecule has 0 aliphatic rings. The molecule has 0 aromatic carbocycles. The summed E-state index contributed by atoms with van der Waals surface area (Å²) in [6.07, 6.45) is 8.90. The number of carbonyl (C=O) groups is 1. The van der Waals surface area contributed by atoms with E-state index in [9.17, 15) is 4.79 Å². The van der Waals surface area contributed by atoms with Gasteiger partial charge in [0.15, 0.2) is 5.69 Å². The largest absolute Gasteiger partial charge is 0.458 e. The van der Waals surface area contributed by atoms with E-state index in [0.29, 0.717) is 18.8 Å². The zero-order valence-electron chi connectivity index (χ0n) is 12.0. The number of nitrogens with two attached hydrogens (primary N) is 1. The van der Waals surface area contributed by atoms with Crippen LogP contribution < -0.4 is 5.73 Å². The molecule has 0 bridgehead atoms. The maximum Gasteiger partial charge on any atom is 0.358 e. The predicted octanol–water partition coefficient (Wildman–Crippen LogP) is 2.36. The van der Waals surface area contributed by atoms with E-state index in [1.54, 1.807) is 17.1 Å². The van der Waals surface area contributed by atoms with Crippen molar-refractivity contribution in [3.8, 4) is 0 Å². The molecule has 0 radical (unpaired) electrons. The third kappa shape index (κ3) is 5.87. The van der Waals surface area contributed by atoms with Crippen LogP contribution in [0.15, 0.2) is 12.5 Å². The van der Waals surface area contributed by atoms with Gasteiger partial charge in [-0.15, -0.1) is 0 Å². The number of carbonyl (C=O) groups excluding carboxylic acids is 1. The van der Waals surface area contributed by atoms with Crippen LogP contribution in [0.1, 0.15) is 56.4 Å². The molecular weight excluding hydrogens is 242 g/mol. The van der Waals surface area contributed by atoms with Crippen molar-refractivity contribution in [3.05, 3.63) is 18.2 Å². The minimum atomic E-state index is -0.348. The highest BCUT2D eigenvalue weighted by atomic mass is 16.5. The van der Waals surface area contributed by atoms with Gasteiger partial charge >= 0.3 is 5.97 Å². The molecule has 0 saturated heterocycles. The number of aromatic nitrogens is 2. The molecular formula is C14H25N3O2. The summed E-state index contributed by atoms with van der Waals surface area (Å²) in [4.78, 5) is 15.9. The molecule has 5 nitrogen and oxygen atoms in total. The number of hydrogen-bond acceptors (Lipinski definition) is 4. The van der Waals surface area contributed by atoms with Crippen LogP contribution in [0.2, 0.25) is 0 Å². The lowest BCUT2D eigenvalue weighted by atomic mass is 10.1. The summed E-state index contributed by atoms with van der Waals surface area (Å²) < 4.78 is 7.16. The van der Waals surface area contributed by atoms with Crippen molar-refractivity contribution in [3.63, 3.8) is 0 Å². The van der Waals surface area contributed by atoms with Gasteiger partial charge in [-0.25, -0.2) is 9.78 Å². The van der Waals surface area contributed by atoms with Crippen molar-refractivity contribution < 1.29 is 9.53 Å². The first kappa shape index (κ1) is 15.7. The number of ether oxygens (including phenoxy) is 1. The molecule has 0 aliphatic heterocycles. The monoisotopic (exact) mass is 267 g/mol. The summed E-state index contributed by atoms with van der Waals surface area (Å²) >= 11 is 0. The number of rotatable bonds is 9. The normalized spacial score (nSPS) is 12.4. The lowest BCUT2D eigenvalue weighted by molar-refractivity contribution is 0.0313. The molecule has 108 valence electrons. The molecule has 1 aromatic rings. The first-order valence-electron chi connectivity index (χ1n) is 7.10. The van der Waals surface area contributed by atoms with Gasteiger partial charge in [-0.05, 0) is 19.8 Å². The summed E-state index contributed by atoms with van der Waals surface area (Å²) in [5.41, 5.74) is 5.80. The van der Waals surface area contributed by atoms with E-state index >= 15 is 0 Å². The van der Waals surface area contributed by atoms with E-state index in [0.717, 1.165) is 12.8 Å². The summed E-state index contributed by atoms with van der Waals surface area (Å²) in [5.74, 6) is -0.348. The minimum Gasteiger partial charge on any atom is -0.458 e. The zero-order valence-corrected chi connectivity index (χ0v) is 12.0. The number of nitrogens with zero attached hydrogens (tertiary/aromatic N) is 2. The lowest BCUT2D eigenvalue weighted by Gasteiger charge is -2.11. The summed E-state index contributed by atoms with van der Waals surface area (Å²) in [6.45, 7) is 5.30. The Morgan fingerprint density at radius 2 is 2.26 bits per heavy atom. The van der Waals surface area contributed by atoms with E-state index in [1.165, 1.54) is 19.3 Å². The van der Waals surface area contributed by atoms with E-state index in [-0.39, 0.29) is 12.1 Å². The first-order chi connectivity index (χ1) is 9.17. The van der Waals surface area contributed by atoms with E-state index in [1.807, 2.05) is 6.92 Å². The van der Waals surface area contributed by atoms with E-state index < -0.39 is 0 Å². The van der Waals surface area contributed by atoms with Gasteiger partial charge in [-0.2, -0.15) is 0 Å². The number of imidazole rings is 1. The third-order valence-electron chi connectivity index (χ3n) is 3.00. The number of hydrogen-bond donors (Lipinski definition) is 1. The second-order valence-corrected chi connectivity index (χ2v) is 4.85. The van der Waals surface area contributed by atoms with Crippen LogP contribution in [-0.2, 0) is 11.3 Å². The predicted molar refractivity (Wildman–Crippen MR) is 74.9 cm³/mol. The van der Waals surface area contributed by atoms with Gasteiger partial charge in [0, 0.05) is 19.3 Å². The molecule has 19 heavy (non-hydrogen) atoms. The number of esters is 1. The molecule has 0 aliphatic carbocycles. The Kier molecular flexibility index (Phi) is 7.18. The van der Waals surface area contributed by atoms with Crippen molar-refractivity contribution in [1.82, 2.24) is 9.55 Å². The van der Waals surface area contributed by atoms with Crippen molar-refractivity contribution in [1.29, 1.82) is 0 Å². The van der Waals surface area contributed by atoms with Gasteiger partial charge in [-0.1, -0.05) is 26.2 Å². The van der Waals surface area contributed by atoms with Crippen molar-refractivity contribution >= 4 is 5.97 Å². The van der Waals surface area contributed by atoms with Gasteiger partial charge in [0.25, 0.3) is 0 Å². The molecule has 0 fully saturated rings. The molecule has 1 heterocycles. The smallest absolute Gasteiger partial charge is 0.358 e. The number of unbranched alkanes of at least 4 members (excludes halogenated alkanes) is 3. The fraction of sp³-hybridized carbons (Fsp3) is 0.714. The van der Waals surface area contributed by atoms with Crippen LogP contribution in [-0.4, -0.2) is 28.2 Å². The molecule has 2 N–H and O–H groups in total. The van der Waals surface area contributed by atoms with Gasteiger partial charge in [0.2, 0.25) is 0 Å². The van der Waals surface area contributed by atoms with Crippen LogP contribution in [0.25, 0.3) is 0 Å². The molecule has 5 heteroatoms. The standard InChI is InChI=1S/C14H25N3O2/c1-3-4-5-6-7-12(2)19-14(18)13-10-17(9-8-15)11-16-13/h10-12H,3-9,15H2,1-2H3. The van der Waals surface area contributed by atoms with Gasteiger partial charge in [0.1, 0.15) is 0 Å². The van der Waals surface area contributed by atoms with Crippen molar-refractivity contribution in [2.75, 3.05) is 6.54 Å². The lowest BCUT2D eigenvalue weighted by Crippen LogP contribution is -2.15. The zero-order chi connectivity index (χ0) is 14.1. The van der Waals surface area contributed by atoms with Gasteiger partial charge in [0.05, 0.1) is 12.4 Å². The molecule has 0 spiro atoms. The maximum atomic E-state index is 11.8. The quantitative estimate of drug-likeness (QED) is 0.551. The average Bonchev–Trinajstić information content (AvgIpc) is 2.84. The second kappa shape index (κ2) is 8.69. The van der Waals surface area contributed by atoms with Crippen molar-refractivity contribution in [2.24, 2.45) is 5.73 Å².